The van der Waals surface area contributed by atoms with E-state index in [0.29, 0.717) is 5.56 Å². The molecule has 0 aliphatic rings. The zero-order valence-electron chi connectivity index (χ0n) is 9.83. The summed E-state index contributed by atoms with van der Waals surface area (Å²) < 4.78 is 4.73. The fourth-order valence-corrected chi connectivity index (χ4v) is 1.43. The predicted molar refractivity (Wildman–Crippen MR) is 61.5 cm³/mol. The van der Waals surface area contributed by atoms with Crippen LogP contribution in [-0.4, -0.2) is 13.1 Å². The number of esters is 1. The molecule has 0 atom stereocenters. The van der Waals surface area contributed by atoms with Gasteiger partial charge < -0.3 is 10.9 Å². The molecule has 0 unspecified atom stereocenters. The fourth-order valence-electron chi connectivity index (χ4n) is 1.43. The average molecular weight is 209 g/mol. The number of ether oxygens (including phenoxy) is 1. The van der Waals surface area contributed by atoms with Gasteiger partial charge in [-0.3, -0.25) is 0 Å². The van der Waals surface area contributed by atoms with Gasteiger partial charge in [-0.15, -0.1) is 0 Å². The summed E-state index contributed by atoms with van der Waals surface area (Å²) in [5.74, 6) is -0.268. The minimum atomic E-state index is -0.268. The molecule has 0 saturated heterocycles. The molecule has 0 aliphatic carbocycles. The van der Waals surface area contributed by atoms with E-state index in [0.717, 1.165) is 5.56 Å². The van der Waals surface area contributed by atoms with Gasteiger partial charge in [0.1, 0.15) is 0 Å². The van der Waals surface area contributed by atoms with Crippen molar-refractivity contribution in [2.45, 2.75) is 26.2 Å². The van der Waals surface area contributed by atoms with Crippen LogP contribution in [0.5, 0.6) is 0 Å². The van der Waals surface area contributed by atoms with E-state index in [4.69, 9.17) is 4.74 Å². The zero-order valence-corrected chi connectivity index (χ0v) is 9.83. The Labute approximate surface area is 91.0 Å². The molecule has 3 N–H and O–H groups in total. The number of carbonyl (C=O) groups excluding carboxylic acids is 1. The number of methoxy groups -OCH3 is 1. The maximum absolute atomic E-state index is 11.5. The third-order valence-corrected chi connectivity index (χ3v) is 2.14. The molecule has 0 saturated carbocycles. The smallest absolute Gasteiger partial charge is 0.338 e. The van der Waals surface area contributed by atoms with Gasteiger partial charge in [-0.25, -0.2) is 4.79 Å². The van der Waals surface area contributed by atoms with Crippen LogP contribution in [0.3, 0.4) is 0 Å². The summed E-state index contributed by atoms with van der Waals surface area (Å²) in [5, 5.41) is 0. The van der Waals surface area contributed by atoms with Crippen LogP contribution in [-0.2, 0) is 10.2 Å². The maximum atomic E-state index is 11.5. The van der Waals surface area contributed by atoms with E-state index >= 15 is 0 Å². The molecule has 1 aromatic rings. The Bertz CT molecular complexity index is 340. The highest BCUT2D eigenvalue weighted by molar-refractivity contribution is 5.91. The van der Waals surface area contributed by atoms with Crippen LogP contribution in [0.15, 0.2) is 24.3 Å². The van der Waals surface area contributed by atoms with Crippen molar-refractivity contribution in [1.82, 2.24) is 6.15 Å². The molecule has 0 heterocycles. The summed E-state index contributed by atoms with van der Waals surface area (Å²) in [6.45, 7) is 6.23. The Morgan fingerprint density at radius 1 is 1.20 bits per heavy atom. The number of benzene rings is 1. The van der Waals surface area contributed by atoms with Crippen LogP contribution in [0.4, 0.5) is 0 Å². The standard InChI is InChI=1S/C12H16O2.H3N/c1-12(2,3)10-8-6-5-7-9(10)11(13)14-4;/h5-8H,1-4H3;1H3. The predicted octanol–water partition coefficient (Wildman–Crippen LogP) is 2.93. The van der Waals surface area contributed by atoms with Gasteiger partial charge in [-0.05, 0) is 17.0 Å². The quantitative estimate of drug-likeness (QED) is 0.723. The molecule has 15 heavy (non-hydrogen) atoms. The topological polar surface area (TPSA) is 61.3 Å². The normalized spacial score (nSPS) is 10.4. The second kappa shape index (κ2) is 4.94. The minimum absolute atomic E-state index is 0. The summed E-state index contributed by atoms with van der Waals surface area (Å²) in [5.41, 5.74) is 1.64. The van der Waals surface area contributed by atoms with Crippen LogP contribution in [0.2, 0.25) is 0 Å². The van der Waals surface area contributed by atoms with Gasteiger partial charge in [-0.2, -0.15) is 0 Å². The third kappa shape index (κ3) is 3.06. The highest BCUT2D eigenvalue weighted by Crippen LogP contribution is 2.25. The first-order valence-electron chi connectivity index (χ1n) is 4.64. The van der Waals surface area contributed by atoms with E-state index in [1.54, 1.807) is 6.07 Å². The van der Waals surface area contributed by atoms with Gasteiger partial charge in [-0.1, -0.05) is 39.0 Å². The Morgan fingerprint density at radius 2 is 1.73 bits per heavy atom. The van der Waals surface area contributed by atoms with Gasteiger partial charge >= 0.3 is 5.97 Å². The lowest BCUT2D eigenvalue weighted by Gasteiger charge is -2.21. The minimum Gasteiger partial charge on any atom is -0.465 e. The van der Waals surface area contributed by atoms with Gasteiger partial charge in [0.25, 0.3) is 0 Å². The van der Waals surface area contributed by atoms with Crippen molar-refractivity contribution < 1.29 is 9.53 Å². The number of carbonyl (C=O) groups is 1. The largest absolute Gasteiger partial charge is 0.465 e. The molecule has 0 radical (unpaired) electrons. The molecule has 1 aromatic carbocycles. The van der Waals surface area contributed by atoms with E-state index in [2.05, 4.69) is 20.8 Å². The van der Waals surface area contributed by atoms with Gasteiger partial charge in [0.05, 0.1) is 12.7 Å². The van der Waals surface area contributed by atoms with Gasteiger partial charge in [0, 0.05) is 0 Å². The Kier molecular flexibility index (Phi) is 4.49. The molecular weight excluding hydrogens is 190 g/mol. The highest BCUT2D eigenvalue weighted by Gasteiger charge is 2.21. The van der Waals surface area contributed by atoms with E-state index in [9.17, 15) is 4.79 Å². The molecular formula is C12H19NO2. The van der Waals surface area contributed by atoms with Gasteiger partial charge in [0.15, 0.2) is 0 Å². The lowest BCUT2D eigenvalue weighted by molar-refractivity contribution is 0.0598. The van der Waals surface area contributed by atoms with Crippen molar-refractivity contribution >= 4 is 5.97 Å². The van der Waals surface area contributed by atoms with Crippen molar-refractivity contribution in [3.05, 3.63) is 35.4 Å². The molecule has 0 amide bonds. The van der Waals surface area contributed by atoms with Crippen molar-refractivity contribution in [2.75, 3.05) is 7.11 Å². The average Bonchev–Trinajstić information content (AvgIpc) is 2.15. The second-order valence-electron chi connectivity index (χ2n) is 4.29. The Hall–Kier alpha value is -1.35. The molecule has 1 rings (SSSR count). The van der Waals surface area contributed by atoms with Crippen LogP contribution >= 0.6 is 0 Å². The molecule has 0 fully saturated rings. The van der Waals surface area contributed by atoms with E-state index in [1.807, 2.05) is 18.2 Å². The monoisotopic (exact) mass is 209 g/mol. The summed E-state index contributed by atoms with van der Waals surface area (Å²) in [6, 6.07) is 7.55. The SMILES string of the molecule is COC(=O)c1ccccc1C(C)(C)C.N. The van der Waals surface area contributed by atoms with E-state index < -0.39 is 0 Å². The molecule has 0 aliphatic heterocycles. The number of rotatable bonds is 1. The summed E-state index contributed by atoms with van der Waals surface area (Å²) >= 11 is 0. The van der Waals surface area contributed by atoms with Crippen LogP contribution in [0, 0.1) is 0 Å². The Balaban J connectivity index is 0.00000196. The molecule has 0 bridgehead atoms. The third-order valence-electron chi connectivity index (χ3n) is 2.14. The van der Waals surface area contributed by atoms with Crippen LogP contribution in [0.25, 0.3) is 0 Å². The molecule has 0 aromatic heterocycles. The lowest BCUT2D eigenvalue weighted by atomic mass is 9.84. The summed E-state index contributed by atoms with van der Waals surface area (Å²) in [6.07, 6.45) is 0. The van der Waals surface area contributed by atoms with Crippen LogP contribution < -0.4 is 6.15 Å². The van der Waals surface area contributed by atoms with E-state index in [-0.39, 0.29) is 17.5 Å². The fraction of sp³-hybridized carbons (Fsp3) is 0.417. The highest BCUT2D eigenvalue weighted by atomic mass is 16.5. The molecule has 3 nitrogen and oxygen atoms in total. The van der Waals surface area contributed by atoms with Crippen molar-refractivity contribution in [3.8, 4) is 0 Å². The number of hydrogen-bond donors (Lipinski definition) is 1. The second-order valence-corrected chi connectivity index (χ2v) is 4.29. The van der Waals surface area contributed by atoms with E-state index in [1.165, 1.54) is 7.11 Å². The molecule has 84 valence electrons. The van der Waals surface area contributed by atoms with Crippen molar-refractivity contribution in [2.24, 2.45) is 0 Å². The first-order valence-corrected chi connectivity index (χ1v) is 4.64. The summed E-state index contributed by atoms with van der Waals surface area (Å²) in [7, 11) is 1.40. The lowest BCUT2D eigenvalue weighted by Crippen LogP contribution is -2.17. The Morgan fingerprint density at radius 3 is 2.20 bits per heavy atom. The van der Waals surface area contributed by atoms with Gasteiger partial charge in [0.2, 0.25) is 0 Å². The molecule has 3 heteroatoms. The van der Waals surface area contributed by atoms with Crippen LogP contribution in [0.1, 0.15) is 36.7 Å². The summed E-state index contributed by atoms with van der Waals surface area (Å²) in [4.78, 5) is 11.5. The molecule has 0 spiro atoms. The van der Waals surface area contributed by atoms with Crippen molar-refractivity contribution in [1.29, 1.82) is 0 Å². The van der Waals surface area contributed by atoms with Crippen molar-refractivity contribution in [3.63, 3.8) is 0 Å². The first-order chi connectivity index (χ1) is 6.46. The first kappa shape index (κ1) is 13.7. The maximum Gasteiger partial charge on any atom is 0.338 e. The number of hydrogen-bond acceptors (Lipinski definition) is 3. The zero-order chi connectivity index (χ0) is 10.8.